The van der Waals surface area contributed by atoms with E-state index >= 15 is 0 Å². The van der Waals surface area contributed by atoms with Gasteiger partial charge in [0.25, 0.3) is 0 Å². The van der Waals surface area contributed by atoms with Crippen molar-refractivity contribution in [2.45, 2.75) is 32.5 Å². The maximum absolute atomic E-state index is 9.20. The zero-order chi connectivity index (χ0) is 12.5. The highest BCUT2D eigenvalue weighted by atomic mass is 16.6. The summed E-state index contributed by atoms with van der Waals surface area (Å²) in [6, 6.07) is 9.85. The smallest absolute Gasteiger partial charge is 0.226 e. The Morgan fingerprint density at radius 1 is 1.35 bits per heavy atom. The maximum atomic E-state index is 9.20. The lowest BCUT2D eigenvalue weighted by Crippen LogP contribution is -2.10. The molecule has 0 heterocycles. The molecule has 94 valence electrons. The number of aliphatic hydroxyl groups excluding tert-OH is 1. The zero-order valence-corrected chi connectivity index (χ0v) is 10.3. The first-order chi connectivity index (χ1) is 8.22. The molecule has 0 aromatic heterocycles. The molecule has 17 heavy (non-hydrogen) atoms. The Balaban J connectivity index is 2.42. The van der Waals surface area contributed by atoms with Gasteiger partial charge in [-0.25, -0.2) is 0 Å². The molecule has 0 aliphatic rings. The molecule has 0 aliphatic carbocycles. The van der Waals surface area contributed by atoms with Crippen LogP contribution in [-0.4, -0.2) is 24.2 Å². The molecule has 1 N–H and O–H groups in total. The zero-order valence-electron chi connectivity index (χ0n) is 10.3. The van der Waals surface area contributed by atoms with Crippen molar-refractivity contribution in [3.05, 3.63) is 35.9 Å². The van der Waals surface area contributed by atoms with Crippen LogP contribution in [0.2, 0.25) is 0 Å². The van der Waals surface area contributed by atoms with Crippen LogP contribution in [0.4, 0.5) is 0 Å². The molecule has 0 saturated heterocycles. The SMILES string of the molecule is CON=C(CCC(C)O)OCc1ccccc1. The van der Waals surface area contributed by atoms with Crippen molar-refractivity contribution in [1.29, 1.82) is 0 Å². The number of nitrogens with zero attached hydrogens (tertiary/aromatic N) is 1. The quantitative estimate of drug-likeness (QED) is 0.469. The molecule has 1 atom stereocenters. The van der Waals surface area contributed by atoms with Gasteiger partial charge in [-0.3, -0.25) is 0 Å². The van der Waals surface area contributed by atoms with Crippen LogP contribution in [0.1, 0.15) is 25.3 Å². The van der Waals surface area contributed by atoms with Gasteiger partial charge in [0.15, 0.2) is 0 Å². The predicted molar refractivity (Wildman–Crippen MR) is 66.6 cm³/mol. The molecular formula is C13H19NO3. The Hall–Kier alpha value is -1.55. The van der Waals surface area contributed by atoms with Gasteiger partial charge in [0, 0.05) is 6.42 Å². The topological polar surface area (TPSA) is 51.0 Å². The van der Waals surface area contributed by atoms with E-state index in [1.807, 2.05) is 30.3 Å². The lowest BCUT2D eigenvalue weighted by molar-refractivity contribution is 0.168. The summed E-state index contributed by atoms with van der Waals surface area (Å²) in [6.45, 7) is 2.20. The Morgan fingerprint density at radius 3 is 2.65 bits per heavy atom. The van der Waals surface area contributed by atoms with Gasteiger partial charge in [0.1, 0.15) is 13.7 Å². The lowest BCUT2D eigenvalue weighted by atomic mass is 10.2. The molecule has 0 bridgehead atoms. The van der Waals surface area contributed by atoms with Gasteiger partial charge in [-0.1, -0.05) is 35.5 Å². The second-order valence-corrected chi connectivity index (χ2v) is 3.83. The summed E-state index contributed by atoms with van der Waals surface area (Å²) >= 11 is 0. The summed E-state index contributed by atoms with van der Waals surface area (Å²) in [6.07, 6.45) is 0.812. The summed E-state index contributed by atoms with van der Waals surface area (Å²) in [4.78, 5) is 4.71. The first-order valence-electron chi connectivity index (χ1n) is 5.67. The predicted octanol–water partition coefficient (Wildman–Crippen LogP) is 2.32. The lowest BCUT2D eigenvalue weighted by Gasteiger charge is -2.09. The van der Waals surface area contributed by atoms with Gasteiger partial charge < -0.3 is 14.7 Å². The van der Waals surface area contributed by atoms with Crippen molar-refractivity contribution in [2.75, 3.05) is 7.11 Å². The molecule has 0 spiro atoms. The first kappa shape index (κ1) is 13.5. The number of benzene rings is 1. The van der Waals surface area contributed by atoms with Gasteiger partial charge in [0.2, 0.25) is 5.90 Å². The fourth-order valence-corrected chi connectivity index (χ4v) is 1.32. The van der Waals surface area contributed by atoms with Crippen molar-refractivity contribution in [1.82, 2.24) is 0 Å². The van der Waals surface area contributed by atoms with Crippen LogP contribution in [0.5, 0.6) is 0 Å². The summed E-state index contributed by atoms with van der Waals surface area (Å²) in [5.41, 5.74) is 1.08. The highest BCUT2D eigenvalue weighted by Crippen LogP contribution is 2.05. The van der Waals surface area contributed by atoms with Gasteiger partial charge in [-0.2, -0.15) is 0 Å². The largest absolute Gasteiger partial charge is 0.474 e. The van der Waals surface area contributed by atoms with E-state index in [9.17, 15) is 5.11 Å². The van der Waals surface area contributed by atoms with Gasteiger partial charge in [0.05, 0.1) is 6.10 Å². The van der Waals surface area contributed by atoms with E-state index in [1.165, 1.54) is 7.11 Å². The van der Waals surface area contributed by atoms with E-state index in [0.29, 0.717) is 25.3 Å². The average Bonchev–Trinajstić information content (AvgIpc) is 2.34. The molecule has 1 rings (SSSR count). The second kappa shape index (κ2) is 7.68. The fraction of sp³-hybridized carbons (Fsp3) is 0.462. The molecule has 0 radical (unpaired) electrons. The molecule has 4 nitrogen and oxygen atoms in total. The second-order valence-electron chi connectivity index (χ2n) is 3.83. The third-order valence-electron chi connectivity index (χ3n) is 2.22. The van der Waals surface area contributed by atoms with Gasteiger partial charge >= 0.3 is 0 Å². The van der Waals surface area contributed by atoms with Gasteiger partial charge in [-0.05, 0) is 18.9 Å². The van der Waals surface area contributed by atoms with Crippen LogP contribution in [0.25, 0.3) is 0 Å². The van der Waals surface area contributed by atoms with Crippen molar-refractivity contribution >= 4 is 5.90 Å². The number of oxime groups is 1. The van der Waals surface area contributed by atoms with Crippen LogP contribution >= 0.6 is 0 Å². The molecular weight excluding hydrogens is 218 g/mol. The normalized spacial score (nSPS) is 13.2. The van der Waals surface area contributed by atoms with Crippen molar-refractivity contribution < 1.29 is 14.7 Å². The van der Waals surface area contributed by atoms with Crippen LogP contribution in [0.15, 0.2) is 35.5 Å². The van der Waals surface area contributed by atoms with E-state index in [2.05, 4.69) is 5.16 Å². The summed E-state index contributed by atoms with van der Waals surface area (Å²) in [5, 5.41) is 13.0. The Labute approximate surface area is 102 Å². The average molecular weight is 237 g/mol. The molecule has 1 aromatic carbocycles. The molecule has 0 aliphatic heterocycles. The van der Waals surface area contributed by atoms with Crippen LogP contribution in [0.3, 0.4) is 0 Å². The molecule has 1 unspecified atom stereocenters. The Kier molecular flexibility index (Phi) is 6.10. The molecule has 0 fully saturated rings. The summed E-state index contributed by atoms with van der Waals surface area (Å²) in [5.74, 6) is 0.511. The Bertz CT molecular complexity index is 336. The first-order valence-corrected chi connectivity index (χ1v) is 5.67. The van der Waals surface area contributed by atoms with Crippen molar-refractivity contribution in [3.63, 3.8) is 0 Å². The minimum atomic E-state index is -0.364. The Morgan fingerprint density at radius 2 is 2.06 bits per heavy atom. The number of hydrogen-bond acceptors (Lipinski definition) is 4. The third kappa shape index (κ3) is 5.92. The number of rotatable bonds is 6. The fourth-order valence-electron chi connectivity index (χ4n) is 1.32. The van der Waals surface area contributed by atoms with Crippen molar-refractivity contribution in [3.8, 4) is 0 Å². The van der Waals surface area contributed by atoms with E-state index in [0.717, 1.165) is 5.56 Å². The summed E-state index contributed by atoms with van der Waals surface area (Å²) < 4.78 is 5.53. The molecule has 0 saturated carbocycles. The van der Waals surface area contributed by atoms with Crippen LogP contribution in [0, 0.1) is 0 Å². The van der Waals surface area contributed by atoms with Crippen LogP contribution in [-0.2, 0) is 16.2 Å². The van der Waals surface area contributed by atoms with E-state index in [-0.39, 0.29) is 6.10 Å². The van der Waals surface area contributed by atoms with Crippen LogP contribution < -0.4 is 0 Å². The van der Waals surface area contributed by atoms with E-state index in [4.69, 9.17) is 9.57 Å². The number of hydrogen-bond donors (Lipinski definition) is 1. The highest BCUT2D eigenvalue weighted by Gasteiger charge is 2.05. The molecule has 1 aromatic rings. The minimum Gasteiger partial charge on any atom is -0.474 e. The number of ether oxygens (including phenoxy) is 1. The molecule has 4 heteroatoms. The highest BCUT2D eigenvalue weighted by molar-refractivity contribution is 5.75. The minimum absolute atomic E-state index is 0.364. The van der Waals surface area contributed by atoms with Gasteiger partial charge in [-0.15, -0.1) is 0 Å². The maximum Gasteiger partial charge on any atom is 0.226 e. The molecule has 0 amide bonds. The monoisotopic (exact) mass is 237 g/mol. The van der Waals surface area contributed by atoms with E-state index in [1.54, 1.807) is 6.92 Å². The van der Waals surface area contributed by atoms with Crippen molar-refractivity contribution in [2.24, 2.45) is 5.16 Å². The standard InChI is InChI=1S/C13H19NO3/c1-11(15)8-9-13(14-16-2)17-10-12-6-4-3-5-7-12/h3-7,11,15H,8-10H2,1-2H3. The van der Waals surface area contributed by atoms with E-state index < -0.39 is 0 Å². The third-order valence-corrected chi connectivity index (χ3v) is 2.22. The summed E-state index contributed by atoms with van der Waals surface area (Å²) in [7, 11) is 1.48. The number of aliphatic hydroxyl groups is 1.